The highest BCUT2D eigenvalue weighted by Crippen LogP contribution is 2.37. The average molecular weight is 695 g/mol. The van der Waals surface area contributed by atoms with E-state index in [2.05, 4.69) is 0 Å². The van der Waals surface area contributed by atoms with E-state index in [-0.39, 0.29) is 29.2 Å². The van der Waals surface area contributed by atoms with Gasteiger partial charge in [-0.25, -0.2) is 14.5 Å². The van der Waals surface area contributed by atoms with Crippen LogP contribution in [0.1, 0.15) is 37.9 Å². The lowest BCUT2D eigenvalue weighted by Crippen LogP contribution is -2.40. The summed E-state index contributed by atoms with van der Waals surface area (Å²) in [6.07, 6.45) is 3.62. The number of para-hydroxylation sites is 1. The van der Waals surface area contributed by atoms with E-state index in [4.69, 9.17) is 33.8 Å². The summed E-state index contributed by atoms with van der Waals surface area (Å²) in [5, 5.41) is 4.91. The Kier molecular flexibility index (Phi) is 9.68. The van der Waals surface area contributed by atoms with Gasteiger partial charge in [-0.2, -0.15) is 5.10 Å². The first-order valence-corrected chi connectivity index (χ1v) is 16.4. The maximum atomic E-state index is 14.5. The summed E-state index contributed by atoms with van der Waals surface area (Å²) >= 11 is 1.19. The van der Waals surface area contributed by atoms with Gasteiger partial charge >= 0.3 is 11.9 Å². The van der Waals surface area contributed by atoms with Crippen LogP contribution in [0, 0.1) is 0 Å². The van der Waals surface area contributed by atoms with Gasteiger partial charge in [0.25, 0.3) is 5.56 Å². The SMILES string of the molecule is CCOC(=O)C1=C(C)N=c2s/c(=C\c3cn(-c4ccccc4)nc3-c3ccc(OC)c(OC)c3)c(=O)n2[C@H]1c1ccc(OC(C)=O)c(OC)c1. The van der Waals surface area contributed by atoms with Crippen molar-refractivity contribution in [2.24, 2.45) is 4.99 Å². The number of hydrogen-bond acceptors (Lipinski definition) is 11. The van der Waals surface area contributed by atoms with Crippen LogP contribution in [0.2, 0.25) is 0 Å². The molecule has 0 saturated carbocycles. The maximum absolute atomic E-state index is 14.5. The molecule has 13 heteroatoms. The van der Waals surface area contributed by atoms with Crippen molar-refractivity contribution in [1.82, 2.24) is 14.3 Å². The number of rotatable bonds is 10. The molecule has 0 aliphatic carbocycles. The topological polar surface area (TPSA) is 132 Å². The minimum atomic E-state index is -0.912. The zero-order valence-corrected chi connectivity index (χ0v) is 29.1. The summed E-state index contributed by atoms with van der Waals surface area (Å²) in [5.74, 6) is 0.435. The van der Waals surface area contributed by atoms with Crippen molar-refractivity contribution < 1.29 is 33.3 Å². The Labute approximate surface area is 291 Å². The number of aromatic nitrogens is 3. The van der Waals surface area contributed by atoms with Crippen LogP contribution in [-0.2, 0) is 14.3 Å². The molecule has 1 aliphatic heterocycles. The number of ether oxygens (including phenoxy) is 5. The third kappa shape index (κ3) is 6.42. The maximum Gasteiger partial charge on any atom is 0.338 e. The lowest BCUT2D eigenvalue weighted by Gasteiger charge is -2.25. The highest BCUT2D eigenvalue weighted by molar-refractivity contribution is 7.07. The number of fused-ring (bicyclic) bond motifs is 1. The zero-order valence-electron chi connectivity index (χ0n) is 28.3. The first kappa shape index (κ1) is 33.9. The second-order valence-corrected chi connectivity index (χ2v) is 12.1. The van der Waals surface area contributed by atoms with E-state index in [1.54, 1.807) is 63.1 Å². The van der Waals surface area contributed by atoms with Gasteiger partial charge in [0.05, 0.1) is 55.5 Å². The lowest BCUT2D eigenvalue weighted by molar-refractivity contribution is -0.139. The van der Waals surface area contributed by atoms with Crippen LogP contribution in [0.4, 0.5) is 0 Å². The number of esters is 2. The van der Waals surface area contributed by atoms with E-state index in [0.29, 0.717) is 43.4 Å². The van der Waals surface area contributed by atoms with Gasteiger partial charge in [-0.3, -0.25) is 14.2 Å². The van der Waals surface area contributed by atoms with E-state index in [0.717, 1.165) is 11.3 Å². The lowest BCUT2D eigenvalue weighted by atomic mass is 9.95. The number of carbonyl (C=O) groups excluding carboxylic acids is 2. The Morgan fingerprint density at radius 2 is 1.62 bits per heavy atom. The van der Waals surface area contributed by atoms with Crippen LogP contribution in [0.25, 0.3) is 23.0 Å². The van der Waals surface area contributed by atoms with Crippen LogP contribution < -0.4 is 33.8 Å². The van der Waals surface area contributed by atoms with Crippen molar-refractivity contribution in [3.8, 4) is 39.9 Å². The minimum absolute atomic E-state index is 0.131. The normalized spacial score (nSPS) is 14.1. The van der Waals surface area contributed by atoms with Crippen molar-refractivity contribution in [3.05, 3.63) is 115 Å². The molecule has 1 aliphatic rings. The standard InChI is InChI=1S/C37H34N4O8S/c1-7-48-36(44)32-21(2)38-37-41(34(32)24-14-16-28(49-22(3)42)30(18-24)47-6)35(43)31(50-37)19-25-20-40(26-11-9-8-10-12-26)39-33(25)23-13-15-27(45-4)29(17-23)46-5/h8-20,34H,7H2,1-6H3/b31-19-/t34-/m0/s1. The van der Waals surface area contributed by atoms with Crippen molar-refractivity contribution >= 4 is 29.4 Å². The molecule has 0 bridgehead atoms. The van der Waals surface area contributed by atoms with Gasteiger partial charge in [-0.1, -0.05) is 35.6 Å². The third-order valence-electron chi connectivity index (χ3n) is 7.98. The summed E-state index contributed by atoms with van der Waals surface area (Å²) < 4.78 is 30.9. The monoisotopic (exact) mass is 694 g/mol. The molecule has 0 unspecified atom stereocenters. The van der Waals surface area contributed by atoms with Crippen LogP contribution in [0.3, 0.4) is 0 Å². The molecule has 0 amide bonds. The highest BCUT2D eigenvalue weighted by Gasteiger charge is 2.34. The van der Waals surface area contributed by atoms with Crippen molar-refractivity contribution in [1.29, 1.82) is 0 Å². The second kappa shape index (κ2) is 14.3. The number of methoxy groups -OCH3 is 3. The van der Waals surface area contributed by atoms with E-state index in [9.17, 15) is 14.4 Å². The molecule has 0 radical (unpaired) electrons. The molecular formula is C37H34N4O8S. The predicted molar refractivity (Wildman–Crippen MR) is 187 cm³/mol. The fourth-order valence-corrected chi connectivity index (χ4v) is 6.79. The first-order chi connectivity index (χ1) is 24.2. The highest BCUT2D eigenvalue weighted by atomic mass is 32.1. The number of thiazole rings is 1. The average Bonchev–Trinajstić information content (AvgIpc) is 3.68. The van der Waals surface area contributed by atoms with E-state index < -0.39 is 18.0 Å². The number of benzene rings is 3. The van der Waals surface area contributed by atoms with Crippen LogP contribution in [0.15, 0.2) is 94.0 Å². The van der Waals surface area contributed by atoms with Crippen molar-refractivity contribution in [2.45, 2.75) is 26.8 Å². The summed E-state index contributed by atoms with van der Waals surface area (Å²) in [5.41, 5.74) is 3.62. The van der Waals surface area contributed by atoms with Gasteiger partial charge in [0.1, 0.15) is 5.69 Å². The molecule has 2 aromatic heterocycles. The molecule has 5 aromatic rings. The Bertz CT molecular complexity index is 2320. The third-order valence-corrected chi connectivity index (χ3v) is 8.96. The van der Waals surface area contributed by atoms with Crippen molar-refractivity contribution in [2.75, 3.05) is 27.9 Å². The summed E-state index contributed by atoms with van der Waals surface area (Å²) in [7, 11) is 4.57. The molecule has 50 heavy (non-hydrogen) atoms. The molecule has 256 valence electrons. The van der Waals surface area contributed by atoms with Gasteiger partial charge in [-0.05, 0) is 68.0 Å². The summed E-state index contributed by atoms with van der Waals surface area (Å²) in [6.45, 7) is 4.84. The molecule has 0 N–H and O–H groups in total. The Balaban J connectivity index is 1.56. The molecule has 0 saturated heterocycles. The number of allylic oxidation sites excluding steroid dienone is 1. The van der Waals surface area contributed by atoms with Gasteiger partial charge in [-0.15, -0.1) is 0 Å². The molecule has 6 rings (SSSR count). The largest absolute Gasteiger partial charge is 0.493 e. The molecular weight excluding hydrogens is 660 g/mol. The molecule has 0 fully saturated rings. The zero-order chi connectivity index (χ0) is 35.5. The van der Waals surface area contributed by atoms with E-state index in [1.165, 1.54) is 29.9 Å². The molecule has 1 atom stereocenters. The summed E-state index contributed by atoms with van der Waals surface area (Å²) in [4.78, 5) is 44.7. The quantitative estimate of drug-likeness (QED) is 0.152. The van der Waals surface area contributed by atoms with Gasteiger partial charge < -0.3 is 23.7 Å². The number of nitrogens with zero attached hydrogens (tertiary/aromatic N) is 4. The predicted octanol–water partition coefficient (Wildman–Crippen LogP) is 4.60. The molecule has 12 nitrogen and oxygen atoms in total. The Hall–Kier alpha value is -5.95. The summed E-state index contributed by atoms with van der Waals surface area (Å²) in [6, 6.07) is 19.1. The number of hydrogen-bond donors (Lipinski definition) is 0. The Morgan fingerprint density at radius 3 is 2.30 bits per heavy atom. The molecule has 0 spiro atoms. The van der Waals surface area contributed by atoms with E-state index >= 15 is 0 Å². The van der Waals surface area contributed by atoms with Crippen LogP contribution in [0.5, 0.6) is 23.0 Å². The van der Waals surface area contributed by atoms with Gasteiger partial charge in [0.2, 0.25) is 0 Å². The molecule has 3 aromatic carbocycles. The minimum Gasteiger partial charge on any atom is -0.493 e. The fraction of sp³-hybridized carbons (Fsp3) is 0.216. The van der Waals surface area contributed by atoms with E-state index in [1.807, 2.05) is 48.7 Å². The molecule has 3 heterocycles. The van der Waals surface area contributed by atoms with Gasteiger partial charge in [0, 0.05) is 24.2 Å². The van der Waals surface area contributed by atoms with Crippen molar-refractivity contribution in [3.63, 3.8) is 0 Å². The Morgan fingerprint density at radius 1 is 0.920 bits per heavy atom. The fourth-order valence-electron chi connectivity index (χ4n) is 5.76. The van der Waals surface area contributed by atoms with Crippen LogP contribution in [-0.4, -0.2) is 54.2 Å². The first-order valence-electron chi connectivity index (χ1n) is 15.6. The van der Waals surface area contributed by atoms with Gasteiger partial charge in [0.15, 0.2) is 27.8 Å². The number of carbonyl (C=O) groups is 2. The smallest absolute Gasteiger partial charge is 0.338 e. The second-order valence-electron chi connectivity index (χ2n) is 11.1. The van der Waals surface area contributed by atoms with Crippen LogP contribution >= 0.6 is 11.3 Å².